The van der Waals surface area contributed by atoms with Crippen molar-refractivity contribution in [2.24, 2.45) is 0 Å². The molecule has 0 unspecified atom stereocenters. The first-order chi connectivity index (χ1) is 13.5. The molecule has 1 aromatic heterocycles. The van der Waals surface area contributed by atoms with Gasteiger partial charge in [-0.05, 0) is 29.8 Å². The van der Waals surface area contributed by atoms with Crippen LogP contribution in [0.1, 0.15) is 5.56 Å². The molecule has 0 aliphatic rings. The van der Waals surface area contributed by atoms with Gasteiger partial charge >= 0.3 is 0 Å². The Morgan fingerprint density at radius 2 is 1.96 bits per heavy atom. The summed E-state index contributed by atoms with van der Waals surface area (Å²) in [5, 5.41) is 12.3. The standard InChI is InChI=1S/C18H15Cl2N3O3S2/c1-25-14-4-2-3-5-15(14)26-9-16(24)21-17-22-23-18(28-17)27-10-11-6-7-12(19)8-13(11)20/h2-8H,9-10H2,1H3,(H,21,22,24). The summed E-state index contributed by atoms with van der Waals surface area (Å²) in [5.74, 6) is 1.34. The molecule has 6 nitrogen and oxygen atoms in total. The lowest BCUT2D eigenvalue weighted by Gasteiger charge is -2.09. The van der Waals surface area contributed by atoms with Gasteiger partial charge in [0.1, 0.15) is 0 Å². The molecule has 0 bridgehead atoms. The summed E-state index contributed by atoms with van der Waals surface area (Å²) in [5.41, 5.74) is 0.946. The van der Waals surface area contributed by atoms with Gasteiger partial charge in [-0.3, -0.25) is 10.1 Å². The number of nitrogens with zero attached hydrogens (tertiary/aromatic N) is 2. The van der Waals surface area contributed by atoms with Gasteiger partial charge in [-0.15, -0.1) is 10.2 Å². The summed E-state index contributed by atoms with van der Waals surface area (Å²) in [6.07, 6.45) is 0. The van der Waals surface area contributed by atoms with Crippen molar-refractivity contribution < 1.29 is 14.3 Å². The van der Waals surface area contributed by atoms with Crippen LogP contribution in [0.4, 0.5) is 5.13 Å². The highest BCUT2D eigenvalue weighted by molar-refractivity contribution is 8.00. The average molecular weight is 456 g/mol. The molecular weight excluding hydrogens is 441 g/mol. The van der Waals surface area contributed by atoms with Crippen molar-refractivity contribution >= 4 is 57.3 Å². The maximum Gasteiger partial charge on any atom is 0.264 e. The molecule has 1 amide bonds. The second kappa shape index (κ2) is 9.97. The summed E-state index contributed by atoms with van der Waals surface area (Å²) < 4.78 is 11.4. The second-order valence-electron chi connectivity index (χ2n) is 5.39. The van der Waals surface area contributed by atoms with Crippen LogP contribution in [0.5, 0.6) is 11.5 Å². The van der Waals surface area contributed by atoms with Crippen LogP contribution in [-0.2, 0) is 10.5 Å². The molecule has 3 aromatic rings. The number of amides is 1. The van der Waals surface area contributed by atoms with Gasteiger partial charge in [0.2, 0.25) is 5.13 Å². The van der Waals surface area contributed by atoms with E-state index < -0.39 is 0 Å². The summed E-state index contributed by atoms with van der Waals surface area (Å²) in [4.78, 5) is 12.1. The normalized spacial score (nSPS) is 10.5. The Morgan fingerprint density at radius 3 is 2.71 bits per heavy atom. The lowest BCUT2D eigenvalue weighted by Crippen LogP contribution is -2.20. The van der Waals surface area contributed by atoms with Crippen molar-refractivity contribution in [1.29, 1.82) is 0 Å². The third-order valence-corrected chi connectivity index (χ3v) is 6.05. The van der Waals surface area contributed by atoms with Crippen LogP contribution in [-0.4, -0.2) is 29.8 Å². The molecule has 0 atom stereocenters. The average Bonchev–Trinajstić information content (AvgIpc) is 3.13. The largest absolute Gasteiger partial charge is 0.493 e. The van der Waals surface area contributed by atoms with Crippen LogP contribution in [0.25, 0.3) is 0 Å². The van der Waals surface area contributed by atoms with Gasteiger partial charge in [0.25, 0.3) is 5.91 Å². The molecule has 2 aromatic carbocycles. The number of carbonyl (C=O) groups is 1. The molecule has 3 rings (SSSR count). The lowest BCUT2D eigenvalue weighted by atomic mass is 10.2. The minimum absolute atomic E-state index is 0.164. The van der Waals surface area contributed by atoms with Crippen molar-refractivity contribution in [3.8, 4) is 11.5 Å². The van der Waals surface area contributed by atoms with Crippen LogP contribution >= 0.6 is 46.3 Å². The van der Waals surface area contributed by atoms with Crippen LogP contribution in [0.2, 0.25) is 10.0 Å². The number of rotatable bonds is 8. The maximum atomic E-state index is 12.1. The highest BCUT2D eigenvalue weighted by Gasteiger charge is 2.11. The van der Waals surface area contributed by atoms with E-state index in [4.69, 9.17) is 32.7 Å². The van der Waals surface area contributed by atoms with E-state index in [9.17, 15) is 4.79 Å². The number of nitrogens with one attached hydrogen (secondary N) is 1. The minimum Gasteiger partial charge on any atom is -0.493 e. The Kier molecular flexibility index (Phi) is 7.38. The number of para-hydroxylation sites is 2. The fraction of sp³-hybridized carbons (Fsp3) is 0.167. The molecule has 1 heterocycles. The highest BCUT2D eigenvalue weighted by Crippen LogP contribution is 2.31. The number of methoxy groups -OCH3 is 1. The molecule has 0 aliphatic carbocycles. The quantitative estimate of drug-likeness (QED) is 0.373. The zero-order chi connectivity index (χ0) is 19.9. The number of carbonyl (C=O) groups excluding carboxylic acids is 1. The van der Waals surface area contributed by atoms with Crippen molar-refractivity contribution in [2.75, 3.05) is 19.0 Å². The number of aromatic nitrogens is 2. The maximum absolute atomic E-state index is 12.1. The molecule has 0 spiro atoms. The van der Waals surface area contributed by atoms with E-state index in [1.165, 1.54) is 23.1 Å². The number of ether oxygens (including phenoxy) is 2. The molecule has 0 radical (unpaired) electrons. The van der Waals surface area contributed by atoms with Gasteiger partial charge in [0, 0.05) is 15.8 Å². The summed E-state index contributed by atoms with van der Waals surface area (Å²) in [6.45, 7) is -0.164. The van der Waals surface area contributed by atoms with E-state index in [2.05, 4.69) is 15.5 Å². The predicted octanol–water partition coefficient (Wildman–Crippen LogP) is 5.16. The Bertz CT molecular complexity index is 969. The summed E-state index contributed by atoms with van der Waals surface area (Å²) in [6, 6.07) is 12.5. The van der Waals surface area contributed by atoms with Crippen LogP contribution in [0.15, 0.2) is 46.8 Å². The Hall–Kier alpha value is -2.00. The molecule has 0 fully saturated rings. The van der Waals surface area contributed by atoms with E-state index >= 15 is 0 Å². The summed E-state index contributed by atoms with van der Waals surface area (Å²) in [7, 11) is 1.54. The van der Waals surface area contributed by atoms with E-state index in [1.54, 1.807) is 37.4 Å². The molecule has 28 heavy (non-hydrogen) atoms. The number of thioether (sulfide) groups is 1. The molecule has 0 saturated carbocycles. The van der Waals surface area contributed by atoms with Gasteiger partial charge in [-0.25, -0.2) is 0 Å². The van der Waals surface area contributed by atoms with Crippen LogP contribution in [0.3, 0.4) is 0 Å². The Labute approximate surface area is 180 Å². The van der Waals surface area contributed by atoms with Gasteiger partial charge in [0.05, 0.1) is 7.11 Å². The monoisotopic (exact) mass is 455 g/mol. The Morgan fingerprint density at radius 1 is 1.18 bits per heavy atom. The van der Waals surface area contributed by atoms with Gasteiger partial charge in [0.15, 0.2) is 22.4 Å². The number of benzene rings is 2. The van der Waals surface area contributed by atoms with Crippen molar-refractivity contribution in [3.05, 3.63) is 58.1 Å². The second-order valence-corrected chi connectivity index (χ2v) is 8.43. The van der Waals surface area contributed by atoms with Crippen LogP contribution < -0.4 is 14.8 Å². The number of anilines is 1. The van der Waals surface area contributed by atoms with Crippen molar-refractivity contribution in [2.45, 2.75) is 10.1 Å². The predicted molar refractivity (Wildman–Crippen MR) is 113 cm³/mol. The highest BCUT2D eigenvalue weighted by atomic mass is 35.5. The van der Waals surface area contributed by atoms with Crippen molar-refractivity contribution in [3.63, 3.8) is 0 Å². The number of halogens is 2. The van der Waals surface area contributed by atoms with E-state index in [-0.39, 0.29) is 12.5 Å². The third-order valence-electron chi connectivity index (χ3n) is 3.45. The first-order valence-electron chi connectivity index (χ1n) is 8.01. The summed E-state index contributed by atoms with van der Waals surface area (Å²) >= 11 is 14.8. The van der Waals surface area contributed by atoms with Gasteiger partial charge in [-0.2, -0.15) is 0 Å². The topological polar surface area (TPSA) is 73.3 Å². The molecule has 10 heteroatoms. The minimum atomic E-state index is -0.334. The first-order valence-corrected chi connectivity index (χ1v) is 10.6. The van der Waals surface area contributed by atoms with E-state index in [1.807, 2.05) is 12.1 Å². The molecular formula is C18H15Cl2N3O3S2. The zero-order valence-corrected chi connectivity index (χ0v) is 17.8. The molecule has 1 N–H and O–H groups in total. The van der Waals surface area contributed by atoms with Crippen LogP contribution in [0, 0.1) is 0 Å². The smallest absolute Gasteiger partial charge is 0.264 e. The van der Waals surface area contributed by atoms with Gasteiger partial charge < -0.3 is 9.47 Å². The van der Waals surface area contributed by atoms with Crippen molar-refractivity contribution in [1.82, 2.24) is 10.2 Å². The van der Waals surface area contributed by atoms with E-state index in [0.29, 0.717) is 36.8 Å². The lowest BCUT2D eigenvalue weighted by molar-refractivity contribution is -0.118. The fourth-order valence-electron chi connectivity index (χ4n) is 2.13. The molecule has 0 saturated heterocycles. The third kappa shape index (κ3) is 5.75. The van der Waals surface area contributed by atoms with E-state index in [0.717, 1.165) is 5.56 Å². The molecule has 146 valence electrons. The fourth-order valence-corrected chi connectivity index (χ4v) is 4.46. The van der Waals surface area contributed by atoms with Gasteiger partial charge in [-0.1, -0.05) is 64.5 Å². The SMILES string of the molecule is COc1ccccc1OCC(=O)Nc1nnc(SCc2ccc(Cl)cc2Cl)s1. The molecule has 0 aliphatic heterocycles. The first kappa shape index (κ1) is 20.7. The zero-order valence-electron chi connectivity index (χ0n) is 14.6. The number of hydrogen-bond acceptors (Lipinski definition) is 7. The number of hydrogen-bond donors (Lipinski definition) is 1. The Balaban J connectivity index is 1.50.